The lowest BCUT2D eigenvalue weighted by atomic mass is 9.96. The zero-order valence-electron chi connectivity index (χ0n) is 14.6. The van der Waals surface area contributed by atoms with Crippen molar-refractivity contribution < 1.29 is 8.42 Å². The van der Waals surface area contributed by atoms with E-state index in [9.17, 15) is 8.42 Å². The van der Waals surface area contributed by atoms with Crippen molar-refractivity contribution in [1.29, 1.82) is 0 Å². The molecule has 0 radical (unpaired) electrons. The van der Waals surface area contributed by atoms with E-state index < -0.39 is 10.0 Å². The zero-order valence-corrected chi connectivity index (χ0v) is 15.4. The highest BCUT2D eigenvalue weighted by Gasteiger charge is 2.29. The maximum absolute atomic E-state index is 11.9. The van der Waals surface area contributed by atoms with Crippen LogP contribution in [-0.2, 0) is 10.0 Å². The Hall–Kier alpha value is -2.13. The molecule has 0 spiro atoms. The molecule has 1 N–H and O–H groups in total. The standard InChI is InChI=1S/C16H22N6O2S/c1-11-9-12(2)20-16(19-11)21-15-14(17-6-7-18-15)13-5-4-8-22(10-13)25(3,23)24/h6-7,9,13H,4-5,8,10H2,1-3H3,(H,18,19,20,21). The molecule has 1 unspecified atom stereocenters. The Kier molecular flexibility index (Phi) is 4.96. The van der Waals surface area contributed by atoms with Gasteiger partial charge >= 0.3 is 0 Å². The second-order valence-corrected chi connectivity index (χ2v) is 8.33. The van der Waals surface area contributed by atoms with Crippen LogP contribution in [0.4, 0.5) is 11.8 Å². The minimum atomic E-state index is -3.21. The number of sulfonamides is 1. The number of nitrogens with one attached hydrogen (secondary N) is 1. The molecule has 0 bridgehead atoms. The van der Waals surface area contributed by atoms with Gasteiger partial charge in [-0.2, -0.15) is 0 Å². The monoisotopic (exact) mass is 362 g/mol. The molecule has 134 valence electrons. The third-order valence-corrected chi connectivity index (χ3v) is 5.45. The number of aromatic nitrogens is 4. The Bertz CT molecular complexity index is 850. The number of hydrogen-bond donors (Lipinski definition) is 1. The number of anilines is 2. The van der Waals surface area contributed by atoms with Gasteiger partial charge in [-0.15, -0.1) is 0 Å². The third-order valence-electron chi connectivity index (χ3n) is 4.18. The first-order chi connectivity index (χ1) is 11.8. The van der Waals surface area contributed by atoms with Crippen LogP contribution in [0.3, 0.4) is 0 Å². The first kappa shape index (κ1) is 17.7. The summed E-state index contributed by atoms with van der Waals surface area (Å²) in [5.41, 5.74) is 2.47. The first-order valence-corrected chi connectivity index (χ1v) is 10.0. The van der Waals surface area contributed by atoms with E-state index in [2.05, 4.69) is 25.3 Å². The van der Waals surface area contributed by atoms with Crippen LogP contribution in [0.2, 0.25) is 0 Å². The summed E-state index contributed by atoms with van der Waals surface area (Å²) in [4.78, 5) is 17.6. The summed E-state index contributed by atoms with van der Waals surface area (Å²) in [6.45, 7) is 4.78. The molecule has 1 aliphatic heterocycles. The summed E-state index contributed by atoms with van der Waals surface area (Å²) in [7, 11) is -3.21. The van der Waals surface area contributed by atoms with Gasteiger partial charge in [-0.25, -0.2) is 27.7 Å². The van der Waals surface area contributed by atoms with E-state index in [1.807, 2.05) is 19.9 Å². The van der Waals surface area contributed by atoms with Crippen LogP contribution in [0.25, 0.3) is 0 Å². The van der Waals surface area contributed by atoms with Crippen molar-refractivity contribution >= 4 is 21.8 Å². The van der Waals surface area contributed by atoms with Gasteiger partial charge < -0.3 is 5.32 Å². The van der Waals surface area contributed by atoms with Crippen molar-refractivity contribution in [2.24, 2.45) is 0 Å². The van der Waals surface area contributed by atoms with Crippen LogP contribution in [0.5, 0.6) is 0 Å². The lowest BCUT2D eigenvalue weighted by Crippen LogP contribution is -2.38. The second kappa shape index (κ2) is 7.01. The summed E-state index contributed by atoms with van der Waals surface area (Å²) in [6.07, 6.45) is 6.14. The van der Waals surface area contributed by atoms with Crippen molar-refractivity contribution in [2.75, 3.05) is 24.7 Å². The van der Waals surface area contributed by atoms with Crippen LogP contribution in [0, 0.1) is 13.8 Å². The molecule has 1 atom stereocenters. The molecule has 3 heterocycles. The van der Waals surface area contributed by atoms with Crippen LogP contribution in [0.15, 0.2) is 18.5 Å². The van der Waals surface area contributed by atoms with Crippen LogP contribution in [-0.4, -0.2) is 52.0 Å². The van der Waals surface area contributed by atoms with Crippen molar-refractivity contribution in [2.45, 2.75) is 32.6 Å². The highest BCUT2D eigenvalue weighted by Crippen LogP contribution is 2.31. The lowest BCUT2D eigenvalue weighted by Gasteiger charge is -2.31. The Morgan fingerprint density at radius 2 is 1.84 bits per heavy atom. The fraction of sp³-hybridized carbons (Fsp3) is 0.500. The van der Waals surface area contributed by atoms with Gasteiger partial charge in [0.05, 0.1) is 11.9 Å². The Morgan fingerprint density at radius 1 is 1.16 bits per heavy atom. The van der Waals surface area contributed by atoms with Gasteiger partial charge in [0.15, 0.2) is 5.82 Å². The molecule has 1 saturated heterocycles. The highest BCUT2D eigenvalue weighted by atomic mass is 32.2. The molecule has 9 heteroatoms. The van der Waals surface area contributed by atoms with Gasteiger partial charge in [0, 0.05) is 42.8 Å². The van der Waals surface area contributed by atoms with Gasteiger partial charge in [0.1, 0.15) is 0 Å². The van der Waals surface area contributed by atoms with Gasteiger partial charge in [-0.3, -0.25) is 4.98 Å². The summed E-state index contributed by atoms with van der Waals surface area (Å²) >= 11 is 0. The Morgan fingerprint density at radius 3 is 2.52 bits per heavy atom. The topological polar surface area (TPSA) is 101 Å². The van der Waals surface area contributed by atoms with Gasteiger partial charge in [-0.05, 0) is 32.8 Å². The van der Waals surface area contributed by atoms with Crippen molar-refractivity contribution in [3.05, 3.63) is 35.5 Å². The number of aryl methyl sites for hydroxylation is 2. The Balaban J connectivity index is 1.88. The molecule has 0 aromatic carbocycles. The SMILES string of the molecule is Cc1cc(C)nc(Nc2nccnc2C2CCCN(S(C)(=O)=O)C2)n1. The quantitative estimate of drug-likeness (QED) is 0.884. The van der Waals surface area contributed by atoms with Gasteiger partial charge in [-0.1, -0.05) is 0 Å². The molecular formula is C16H22N6O2S. The predicted octanol–water partition coefficient (Wildman–Crippen LogP) is 1.77. The third kappa shape index (κ3) is 4.29. The molecule has 2 aromatic rings. The van der Waals surface area contributed by atoms with E-state index in [0.29, 0.717) is 24.9 Å². The van der Waals surface area contributed by atoms with Crippen LogP contribution >= 0.6 is 0 Å². The fourth-order valence-corrected chi connectivity index (χ4v) is 4.01. The van der Waals surface area contributed by atoms with E-state index in [0.717, 1.165) is 29.9 Å². The average molecular weight is 362 g/mol. The van der Waals surface area contributed by atoms with Crippen molar-refractivity contribution in [3.8, 4) is 0 Å². The number of rotatable bonds is 4. The molecule has 0 saturated carbocycles. The molecule has 3 rings (SSSR count). The number of hydrogen-bond acceptors (Lipinski definition) is 7. The molecule has 1 fully saturated rings. The van der Waals surface area contributed by atoms with Crippen LogP contribution < -0.4 is 5.32 Å². The van der Waals surface area contributed by atoms with E-state index in [1.165, 1.54) is 10.6 Å². The fourth-order valence-electron chi connectivity index (χ4n) is 3.10. The maximum Gasteiger partial charge on any atom is 0.228 e. The second-order valence-electron chi connectivity index (χ2n) is 6.35. The molecule has 0 amide bonds. The normalized spacial score (nSPS) is 18.9. The highest BCUT2D eigenvalue weighted by molar-refractivity contribution is 7.88. The largest absolute Gasteiger partial charge is 0.307 e. The minimum absolute atomic E-state index is 0.00872. The van der Waals surface area contributed by atoms with E-state index in [1.54, 1.807) is 12.4 Å². The molecule has 0 aliphatic carbocycles. The summed E-state index contributed by atoms with van der Waals surface area (Å²) in [6, 6.07) is 1.90. The number of piperidine rings is 1. The summed E-state index contributed by atoms with van der Waals surface area (Å²) < 4.78 is 25.2. The van der Waals surface area contributed by atoms with Gasteiger partial charge in [0.25, 0.3) is 0 Å². The molecule has 2 aromatic heterocycles. The molecule has 25 heavy (non-hydrogen) atoms. The van der Waals surface area contributed by atoms with Crippen LogP contribution in [0.1, 0.15) is 35.8 Å². The van der Waals surface area contributed by atoms with Crippen molar-refractivity contribution in [3.63, 3.8) is 0 Å². The van der Waals surface area contributed by atoms with E-state index in [4.69, 9.17) is 0 Å². The van der Waals surface area contributed by atoms with E-state index >= 15 is 0 Å². The Labute approximate surface area is 147 Å². The lowest BCUT2D eigenvalue weighted by molar-refractivity contribution is 0.314. The van der Waals surface area contributed by atoms with Gasteiger partial charge in [0.2, 0.25) is 16.0 Å². The van der Waals surface area contributed by atoms with Crippen molar-refractivity contribution in [1.82, 2.24) is 24.2 Å². The smallest absolute Gasteiger partial charge is 0.228 e. The van der Waals surface area contributed by atoms with E-state index in [-0.39, 0.29) is 5.92 Å². The molecule has 1 aliphatic rings. The molecular weight excluding hydrogens is 340 g/mol. The predicted molar refractivity (Wildman–Crippen MR) is 95.2 cm³/mol. The summed E-state index contributed by atoms with van der Waals surface area (Å²) in [5.74, 6) is 1.04. The zero-order chi connectivity index (χ0) is 18.0. The summed E-state index contributed by atoms with van der Waals surface area (Å²) in [5, 5.41) is 3.14. The molecule has 8 nitrogen and oxygen atoms in total. The maximum atomic E-state index is 11.9. The average Bonchev–Trinajstić information content (AvgIpc) is 2.54. The first-order valence-electron chi connectivity index (χ1n) is 8.18. The number of nitrogens with zero attached hydrogens (tertiary/aromatic N) is 5. The minimum Gasteiger partial charge on any atom is -0.307 e.